The summed E-state index contributed by atoms with van der Waals surface area (Å²) in [7, 11) is 0. The normalized spacial score (nSPS) is 30.4. The molecule has 28 heteroatoms. The minimum absolute atomic E-state index is 0.100. The second-order valence-electron chi connectivity index (χ2n) is 17.0. The van der Waals surface area contributed by atoms with Gasteiger partial charge in [-0.15, -0.1) is 0 Å². The molecule has 3 fully saturated rings. The maximum atomic E-state index is 13.1. The van der Waals surface area contributed by atoms with Gasteiger partial charge in [0.25, 0.3) is 0 Å². The summed E-state index contributed by atoms with van der Waals surface area (Å²) in [4.78, 5) is 126. The summed E-state index contributed by atoms with van der Waals surface area (Å²) in [6.45, 7) is 11.0. The molecule has 0 aliphatic carbocycles. The molecule has 0 amide bonds. The third-order valence-electron chi connectivity index (χ3n) is 10.8. The van der Waals surface area contributed by atoms with Crippen LogP contribution in [-0.4, -0.2) is 202 Å². The summed E-state index contributed by atoms with van der Waals surface area (Å²) in [6, 6.07) is 0. The van der Waals surface area contributed by atoms with E-state index < -0.39 is 184 Å². The van der Waals surface area contributed by atoms with Gasteiger partial charge >= 0.3 is 59.7 Å². The molecule has 3 aliphatic rings. The fourth-order valence-corrected chi connectivity index (χ4v) is 7.85. The van der Waals surface area contributed by atoms with Crippen LogP contribution in [0.15, 0.2) is 0 Å². The molecule has 0 saturated carbocycles. The first-order valence-corrected chi connectivity index (χ1v) is 23.5. The molecule has 0 aromatic rings. The van der Waals surface area contributed by atoms with E-state index in [-0.39, 0.29) is 19.6 Å². The summed E-state index contributed by atoms with van der Waals surface area (Å²) in [6.07, 6.45) is -27.5. The third-order valence-corrected chi connectivity index (χ3v) is 10.8. The van der Waals surface area contributed by atoms with Crippen molar-refractivity contribution in [3.8, 4) is 0 Å². The first kappa shape index (κ1) is 62.7. The van der Waals surface area contributed by atoms with Crippen molar-refractivity contribution in [3.63, 3.8) is 0 Å². The summed E-state index contributed by atoms with van der Waals surface area (Å²) >= 11 is 0. The van der Waals surface area contributed by atoms with Crippen molar-refractivity contribution in [1.82, 2.24) is 0 Å². The molecule has 8 unspecified atom stereocenters. The van der Waals surface area contributed by atoms with Crippen LogP contribution in [0.2, 0.25) is 0 Å². The largest absolute Gasteiger partial charge is 0.463 e. The van der Waals surface area contributed by atoms with E-state index in [9.17, 15) is 53.1 Å². The SMILES string of the molecule is CCC(CO)OCC(CC)O[C@@H]1OC(COC(C)=O)[C@H](O[C@@H]2OC(COC(C)=O)[C@H](O[C@@H]3OC(COC(C)=O)[C@H](OC(C)=O)[C@H](OC(C)=O)C3OC(C)=O)[C@H](OC(C)=O)C2OC(C)=O)[C@H](OC(C)=O)C1OC(C)=O. The van der Waals surface area contributed by atoms with Crippen LogP contribution >= 0.6 is 0 Å². The zero-order valence-electron chi connectivity index (χ0n) is 43.2. The molecule has 0 radical (unpaired) electrons. The Kier molecular flexibility index (Phi) is 25.5. The molecule has 1 N–H and O–H groups in total. The highest BCUT2D eigenvalue weighted by Crippen LogP contribution is 2.38. The number of hydrogen-bond acceptors (Lipinski definition) is 28. The highest BCUT2D eigenvalue weighted by Gasteiger charge is 2.60. The summed E-state index contributed by atoms with van der Waals surface area (Å²) < 4.78 is 99.1. The number of carbonyl (C=O) groups excluding carboxylic acids is 10. The maximum Gasteiger partial charge on any atom is 0.303 e. The van der Waals surface area contributed by atoms with Gasteiger partial charge in [0.05, 0.1) is 25.4 Å². The molecule has 0 bridgehead atoms. The van der Waals surface area contributed by atoms with E-state index in [1.165, 1.54) is 0 Å². The van der Waals surface area contributed by atoms with Crippen molar-refractivity contribution >= 4 is 59.7 Å². The topological polar surface area (TPSA) is 348 Å². The minimum Gasteiger partial charge on any atom is -0.463 e. The van der Waals surface area contributed by atoms with Crippen LogP contribution in [0.4, 0.5) is 0 Å². The maximum absolute atomic E-state index is 13.1. The third kappa shape index (κ3) is 19.6. The number of esters is 10. The summed E-state index contributed by atoms with van der Waals surface area (Å²) in [5, 5.41) is 9.72. The molecule has 17 atom stereocenters. The van der Waals surface area contributed by atoms with Crippen molar-refractivity contribution in [2.75, 3.05) is 33.0 Å². The number of aliphatic hydroxyl groups is 1. The Bertz CT molecular complexity index is 1940. The number of rotatable bonds is 25. The van der Waals surface area contributed by atoms with Crippen molar-refractivity contribution in [3.05, 3.63) is 0 Å². The minimum atomic E-state index is -2.04. The van der Waals surface area contributed by atoms with Gasteiger partial charge in [0.1, 0.15) is 50.3 Å². The van der Waals surface area contributed by atoms with E-state index >= 15 is 0 Å². The van der Waals surface area contributed by atoms with E-state index in [1.54, 1.807) is 13.8 Å². The van der Waals surface area contributed by atoms with E-state index in [0.29, 0.717) is 6.42 Å². The fourth-order valence-electron chi connectivity index (χ4n) is 7.85. The van der Waals surface area contributed by atoms with Crippen LogP contribution in [-0.2, 0) is 128 Å². The smallest absolute Gasteiger partial charge is 0.303 e. The summed E-state index contributed by atoms with van der Waals surface area (Å²) in [5.74, 6) is -9.52. The second kappa shape index (κ2) is 30.1. The molecule has 420 valence electrons. The van der Waals surface area contributed by atoms with Gasteiger partial charge < -0.3 is 85.6 Å². The Morgan fingerprint density at radius 1 is 0.378 bits per heavy atom. The van der Waals surface area contributed by atoms with Crippen LogP contribution in [0.3, 0.4) is 0 Å². The quantitative estimate of drug-likeness (QED) is 0.0908. The van der Waals surface area contributed by atoms with Crippen molar-refractivity contribution in [2.45, 2.75) is 200 Å². The van der Waals surface area contributed by atoms with Gasteiger partial charge in [0.2, 0.25) is 0 Å². The monoisotopic (exact) mass is 1070 g/mol. The lowest BCUT2D eigenvalue weighted by Gasteiger charge is -2.50. The van der Waals surface area contributed by atoms with Gasteiger partial charge in [0.15, 0.2) is 61.6 Å². The van der Waals surface area contributed by atoms with Crippen molar-refractivity contribution in [1.29, 1.82) is 0 Å². The highest BCUT2D eigenvalue weighted by molar-refractivity contribution is 5.70. The lowest BCUT2D eigenvalue weighted by Crippen LogP contribution is -2.69. The molecule has 3 rings (SSSR count). The van der Waals surface area contributed by atoms with Crippen LogP contribution in [0, 0.1) is 0 Å². The molecule has 28 nitrogen and oxygen atoms in total. The van der Waals surface area contributed by atoms with E-state index in [4.69, 9.17) is 80.5 Å². The number of carbonyl (C=O) groups is 10. The highest BCUT2D eigenvalue weighted by atomic mass is 16.8. The number of hydrogen-bond donors (Lipinski definition) is 1. The molecule has 3 aliphatic heterocycles. The predicted octanol–water partition coefficient (Wildman–Crippen LogP) is -0.275. The second-order valence-corrected chi connectivity index (χ2v) is 17.0. The molecule has 0 spiro atoms. The first-order valence-electron chi connectivity index (χ1n) is 23.5. The molecule has 74 heavy (non-hydrogen) atoms. The predicted molar refractivity (Wildman–Crippen MR) is 237 cm³/mol. The lowest BCUT2D eigenvalue weighted by molar-refractivity contribution is -0.382. The Morgan fingerprint density at radius 3 is 0.973 bits per heavy atom. The zero-order chi connectivity index (χ0) is 55.6. The molecule has 3 heterocycles. The van der Waals surface area contributed by atoms with Gasteiger partial charge in [-0.05, 0) is 12.8 Å². The van der Waals surface area contributed by atoms with E-state index in [0.717, 1.165) is 69.2 Å². The van der Waals surface area contributed by atoms with E-state index in [1.807, 2.05) is 0 Å². The zero-order valence-corrected chi connectivity index (χ0v) is 43.2. The van der Waals surface area contributed by atoms with Crippen LogP contribution in [0.25, 0.3) is 0 Å². The molecular weight excluding hydrogens is 1000 g/mol. The molecule has 3 saturated heterocycles. The van der Waals surface area contributed by atoms with Gasteiger partial charge in [-0.25, -0.2) is 0 Å². The van der Waals surface area contributed by atoms with Crippen LogP contribution in [0.5, 0.6) is 0 Å². The number of aliphatic hydroxyl groups excluding tert-OH is 1. The number of ether oxygens (including phenoxy) is 17. The molecule has 0 aromatic carbocycles. The molecular formula is C46H68O28. The van der Waals surface area contributed by atoms with Gasteiger partial charge in [-0.1, -0.05) is 13.8 Å². The first-order chi connectivity index (χ1) is 34.8. The van der Waals surface area contributed by atoms with Crippen LogP contribution in [0.1, 0.15) is 95.9 Å². The van der Waals surface area contributed by atoms with Gasteiger partial charge in [-0.3, -0.25) is 47.9 Å². The summed E-state index contributed by atoms with van der Waals surface area (Å²) in [5.41, 5.74) is 0. The Balaban J connectivity index is 2.30. The van der Waals surface area contributed by atoms with Crippen molar-refractivity contribution in [2.24, 2.45) is 0 Å². The Morgan fingerprint density at radius 2 is 0.662 bits per heavy atom. The average Bonchev–Trinajstić information content (AvgIpc) is 3.28. The van der Waals surface area contributed by atoms with Crippen LogP contribution < -0.4 is 0 Å². The van der Waals surface area contributed by atoms with Gasteiger partial charge in [0, 0.05) is 69.2 Å². The Hall–Kier alpha value is -5.62. The van der Waals surface area contributed by atoms with E-state index in [2.05, 4.69) is 0 Å². The standard InChI is InChI=1S/C46H68O28/c1-13-30(15-47)61-16-31(14-2)69-44-41(66-27(10)55)39(64-25(8)53)36(33(70-44)18-59-21(4)49)73-46-43(68-29(12)57)40(65-26(9)54)37(34(72-46)19-60-22(5)50)74-45-42(67-28(11)56)38(63-24(7)52)35(62-23(6)51)32(71-45)17-58-20(3)48/h30-47H,13-19H2,1-12H3/t30?,31?,32?,33?,34?,35-,36-,37-,38-,39-,40-,41?,42?,43?,44+,45-,46-/m0/s1. The average molecular weight is 1070 g/mol. The molecule has 0 aromatic heterocycles. The lowest BCUT2D eigenvalue weighted by atomic mass is 9.95. The Labute approximate surface area is 425 Å². The van der Waals surface area contributed by atoms with Crippen molar-refractivity contribution < 1.29 is 134 Å². The van der Waals surface area contributed by atoms with Gasteiger partial charge in [-0.2, -0.15) is 0 Å². The fraction of sp³-hybridized carbons (Fsp3) is 0.783.